The molecule has 2 aromatic heterocycles. The number of benzene rings is 1. The number of aromatic nitrogens is 5. The highest BCUT2D eigenvalue weighted by Crippen LogP contribution is 2.37. The first-order valence-corrected chi connectivity index (χ1v) is 12.8. The Morgan fingerprint density at radius 3 is 2.64 bits per heavy atom. The molecule has 0 saturated heterocycles. The van der Waals surface area contributed by atoms with E-state index in [1.807, 2.05) is 12.1 Å². The van der Waals surface area contributed by atoms with Gasteiger partial charge in [0.2, 0.25) is 0 Å². The van der Waals surface area contributed by atoms with Crippen LogP contribution in [-0.4, -0.2) is 36.1 Å². The molecule has 2 heterocycles. The Bertz CT molecular complexity index is 1140. The summed E-state index contributed by atoms with van der Waals surface area (Å²) in [5, 5.41) is 14.2. The molecule has 1 aromatic carbocycles. The van der Waals surface area contributed by atoms with Gasteiger partial charge in [0, 0.05) is 23.7 Å². The lowest BCUT2D eigenvalue weighted by Gasteiger charge is -2.36. The summed E-state index contributed by atoms with van der Waals surface area (Å²) < 4.78 is 2.11. The topological polar surface area (TPSA) is 79.7 Å². The maximum atomic E-state index is 13.1. The van der Waals surface area contributed by atoms with E-state index >= 15 is 0 Å². The zero-order chi connectivity index (χ0) is 22.8. The molecule has 3 aromatic rings. The van der Waals surface area contributed by atoms with Crippen LogP contribution in [0.15, 0.2) is 29.1 Å². The number of nitrogens with one attached hydrogen (secondary N) is 1. The predicted molar refractivity (Wildman–Crippen MR) is 130 cm³/mol. The largest absolute Gasteiger partial charge is 0.322 e. The third-order valence-corrected chi connectivity index (χ3v) is 7.67. The fourth-order valence-corrected chi connectivity index (χ4v) is 5.96. The number of nitrogens with zero attached hydrogens (tertiary/aromatic N) is 5. The van der Waals surface area contributed by atoms with Crippen molar-refractivity contribution in [1.82, 2.24) is 30.1 Å². The molecular weight excluding hydrogens is 412 g/mol. The lowest BCUT2D eigenvalue weighted by Crippen LogP contribution is -2.39. The molecule has 2 fully saturated rings. The Labute approximate surface area is 195 Å². The van der Waals surface area contributed by atoms with Crippen LogP contribution >= 0.6 is 0 Å². The van der Waals surface area contributed by atoms with E-state index in [0.717, 1.165) is 48.0 Å². The Hall–Kier alpha value is -2.54. The van der Waals surface area contributed by atoms with Gasteiger partial charge in [0.1, 0.15) is 0 Å². The Kier molecular flexibility index (Phi) is 6.58. The number of pyridine rings is 1. The fourth-order valence-electron chi connectivity index (χ4n) is 5.96. The van der Waals surface area contributed by atoms with Crippen LogP contribution in [0.2, 0.25) is 0 Å². The lowest BCUT2D eigenvalue weighted by molar-refractivity contribution is 0.106. The lowest BCUT2D eigenvalue weighted by atomic mass is 10.0. The highest BCUT2D eigenvalue weighted by Gasteiger charge is 2.34. The highest BCUT2D eigenvalue weighted by molar-refractivity contribution is 5.79. The van der Waals surface area contributed by atoms with E-state index in [4.69, 9.17) is 0 Å². The Balaban J connectivity index is 1.53. The van der Waals surface area contributed by atoms with Crippen molar-refractivity contribution < 1.29 is 0 Å². The van der Waals surface area contributed by atoms with Crippen LogP contribution in [0.3, 0.4) is 0 Å². The summed E-state index contributed by atoms with van der Waals surface area (Å²) in [6, 6.07) is 9.28. The number of H-pyrrole nitrogens is 1. The van der Waals surface area contributed by atoms with Gasteiger partial charge in [-0.05, 0) is 73.0 Å². The first-order valence-electron chi connectivity index (χ1n) is 12.8. The number of aromatic amines is 1. The normalized spacial score (nSPS) is 18.6. The number of rotatable bonds is 8. The van der Waals surface area contributed by atoms with Gasteiger partial charge >= 0.3 is 0 Å². The molecule has 7 nitrogen and oxygen atoms in total. The summed E-state index contributed by atoms with van der Waals surface area (Å²) in [6.45, 7) is 4.95. The van der Waals surface area contributed by atoms with Crippen LogP contribution in [-0.2, 0) is 6.54 Å². The van der Waals surface area contributed by atoms with Gasteiger partial charge in [-0.15, -0.1) is 5.10 Å². The zero-order valence-electron chi connectivity index (χ0n) is 20.0. The number of hydrogen-bond donors (Lipinski definition) is 1. The van der Waals surface area contributed by atoms with Gasteiger partial charge in [0.05, 0.1) is 12.1 Å². The molecular formula is C26H36N6O. The monoisotopic (exact) mass is 448 g/mol. The molecule has 1 N–H and O–H groups in total. The quantitative estimate of drug-likeness (QED) is 0.511. The number of tetrazole rings is 1. The first kappa shape index (κ1) is 22.3. The van der Waals surface area contributed by atoms with Crippen LogP contribution in [0.5, 0.6) is 0 Å². The Morgan fingerprint density at radius 1 is 1.12 bits per heavy atom. The molecule has 0 bridgehead atoms. The molecule has 1 atom stereocenters. The molecule has 0 amide bonds. The first-order chi connectivity index (χ1) is 16.1. The van der Waals surface area contributed by atoms with Crippen LogP contribution in [0.1, 0.15) is 100 Å². The third-order valence-electron chi connectivity index (χ3n) is 7.67. The van der Waals surface area contributed by atoms with Gasteiger partial charge < -0.3 is 4.98 Å². The summed E-state index contributed by atoms with van der Waals surface area (Å²) in [5.41, 5.74) is 2.95. The van der Waals surface area contributed by atoms with E-state index in [0.29, 0.717) is 18.6 Å². The maximum Gasteiger partial charge on any atom is 0.252 e. The average molecular weight is 449 g/mol. The Morgan fingerprint density at radius 2 is 1.88 bits per heavy atom. The van der Waals surface area contributed by atoms with Crippen LogP contribution < -0.4 is 5.56 Å². The summed E-state index contributed by atoms with van der Waals surface area (Å²) in [6.07, 6.45) is 11.7. The van der Waals surface area contributed by atoms with Crippen LogP contribution in [0.25, 0.3) is 10.9 Å². The van der Waals surface area contributed by atoms with Gasteiger partial charge in [0.25, 0.3) is 5.56 Å². The molecule has 5 rings (SSSR count). The predicted octanol–water partition coefficient (Wildman–Crippen LogP) is 5.22. The van der Waals surface area contributed by atoms with Crippen molar-refractivity contribution in [3.05, 3.63) is 51.6 Å². The summed E-state index contributed by atoms with van der Waals surface area (Å²) in [7, 11) is 0. The molecule has 176 valence electrons. The van der Waals surface area contributed by atoms with E-state index in [9.17, 15) is 4.79 Å². The van der Waals surface area contributed by atoms with Crippen LogP contribution in [0.4, 0.5) is 0 Å². The van der Waals surface area contributed by atoms with Gasteiger partial charge in [-0.1, -0.05) is 50.7 Å². The van der Waals surface area contributed by atoms with Crippen LogP contribution in [0, 0.1) is 6.92 Å². The summed E-state index contributed by atoms with van der Waals surface area (Å²) in [5.74, 6) is 0.990. The summed E-state index contributed by atoms with van der Waals surface area (Å²) in [4.78, 5) is 18.8. The van der Waals surface area contributed by atoms with Gasteiger partial charge in [0.15, 0.2) is 5.82 Å². The van der Waals surface area contributed by atoms with Crippen molar-refractivity contribution in [3.63, 3.8) is 0 Å². The second kappa shape index (κ2) is 9.75. The zero-order valence-corrected chi connectivity index (χ0v) is 20.0. The highest BCUT2D eigenvalue weighted by atomic mass is 16.1. The van der Waals surface area contributed by atoms with Crippen molar-refractivity contribution in [1.29, 1.82) is 0 Å². The number of aryl methyl sites for hydroxylation is 1. The summed E-state index contributed by atoms with van der Waals surface area (Å²) >= 11 is 0. The molecule has 0 radical (unpaired) electrons. The maximum absolute atomic E-state index is 13.1. The SMILES string of the molecule is CCC[C@@H](c1nnnn1C1CCCC1)N(Cc1cc2cc(C)ccc2[nH]c1=O)C1CCCC1. The van der Waals surface area contributed by atoms with Crippen molar-refractivity contribution >= 4 is 10.9 Å². The molecule has 0 aliphatic heterocycles. The standard InChI is InChI=1S/C26H36N6O/c1-3-8-24(25-28-29-30-32(25)22-11-6-7-12-22)31(21-9-4-5-10-21)17-20-16-19-15-18(2)13-14-23(19)27-26(20)33/h13-16,21-22,24H,3-12,17H2,1-2H3,(H,27,33)/t24-/m0/s1. The molecule has 0 spiro atoms. The van der Waals surface area contributed by atoms with E-state index in [1.54, 1.807) is 0 Å². The van der Waals surface area contributed by atoms with Crippen molar-refractivity contribution in [2.75, 3.05) is 0 Å². The van der Waals surface area contributed by atoms with Gasteiger partial charge in [-0.2, -0.15) is 0 Å². The minimum absolute atomic E-state index is 0.0139. The second-order valence-corrected chi connectivity index (χ2v) is 10.0. The molecule has 2 saturated carbocycles. The van der Waals surface area contributed by atoms with Crippen molar-refractivity contribution in [3.8, 4) is 0 Å². The second-order valence-electron chi connectivity index (χ2n) is 10.0. The molecule has 2 aliphatic carbocycles. The fraction of sp³-hybridized carbons (Fsp3) is 0.615. The minimum atomic E-state index is 0.0139. The average Bonchev–Trinajstić information content (AvgIpc) is 3.58. The van der Waals surface area contributed by atoms with Gasteiger partial charge in [-0.3, -0.25) is 9.69 Å². The smallest absolute Gasteiger partial charge is 0.252 e. The minimum Gasteiger partial charge on any atom is -0.322 e. The molecule has 33 heavy (non-hydrogen) atoms. The van der Waals surface area contributed by atoms with E-state index in [-0.39, 0.29) is 11.6 Å². The number of hydrogen-bond acceptors (Lipinski definition) is 5. The van der Waals surface area contributed by atoms with E-state index < -0.39 is 0 Å². The molecule has 7 heteroatoms. The van der Waals surface area contributed by atoms with Crippen molar-refractivity contribution in [2.24, 2.45) is 0 Å². The van der Waals surface area contributed by atoms with Crippen molar-refractivity contribution in [2.45, 2.75) is 103 Å². The molecule has 2 aliphatic rings. The number of fused-ring (bicyclic) bond motifs is 1. The van der Waals surface area contributed by atoms with Gasteiger partial charge in [-0.25, -0.2) is 4.68 Å². The molecule has 0 unspecified atom stereocenters. The van der Waals surface area contributed by atoms with E-state index in [2.05, 4.69) is 56.1 Å². The third kappa shape index (κ3) is 4.60. The van der Waals surface area contributed by atoms with E-state index in [1.165, 1.54) is 44.1 Å².